The first kappa shape index (κ1) is 26.7. The zero-order chi connectivity index (χ0) is 27.6. The van der Waals surface area contributed by atoms with E-state index in [4.69, 9.17) is 13.0 Å². The van der Waals surface area contributed by atoms with Crippen LogP contribution in [0, 0.1) is 0 Å². The molecule has 0 fully saturated rings. The van der Waals surface area contributed by atoms with E-state index in [0.717, 1.165) is 0 Å². The van der Waals surface area contributed by atoms with Gasteiger partial charge in [-0.2, -0.15) is 21.6 Å². The maximum Gasteiger partial charge on any atom is 0.522 e. The Bertz CT molecular complexity index is 1700. The van der Waals surface area contributed by atoms with Gasteiger partial charge in [-0.25, -0.2) is 0 Å². The molecule has 0 radical (unpaired) electrons. The van der Waals surface area contributed by atoms with Crippen LogP contribution in [0.25, 0.3) is 32.3 Å². The van der Waals surface area contributed by atoms with E-state index in [1.165, 1.54) is 47.0 Å². The molecule has 1 N–H and O–H groups in total. The fourth-order valence-corrected chi connectivity index (χ4v) is 7.05. The highest BCUT2D eigenvalue weighted by molar-refractivity contribution is 7.97. The Morgan fingerprint density at radius 2 is 0.744 bits per heavy atom. The van der Waals surface area contributed by atoms with E-state index in [1.54, 1.807) is 0 Å². The Balaban J connectivity index is 0.000000339. The standard InChI is InChI=1S/C30H21S.CHF3O3S/c1-4-16-25-22(10-1)13-7-19-28(25)31(29-20-8-14-23-11-2-5-17-26(23)29)30-21-9-15-24-12-3-6-18-27(24)30;2-1(3,4)8(5,6)7/h1-21H;(H,5,6,7)/q+1;. The average Bonchev–Trinajstić information content (AvgIpc) is 2.93. The van der Waals surface area contributed by atoms with Crippen LogP contribution in [0.5, 0.6) is 0 Å². The molecule has 0 aromatic heterocycles. The topological polar surface area (TPSA) is 54.4 Å². The van der Waals surface area contributed by atoms with Crippen molar-refractivity contribution in [1.29, 1.82) is 0 Å². The Labute approximate surface area is 226 Å². The van der Waals surface area contributed by atoms with Crippen molar-refractivity contribution in [1.82, 2.24) is 0 Å². The van der Waals surface area contributed by atoms with Crippen molar-refractivity contribution < 1.29 is 26.1 Å². The summed E-state index contributed by atoms with van der Waals surface area (Å²) in [5, 5.41) is 7.85. The molecule has 0 amide bonds. The van der Waals surface area contributed by atoms with Crippen LogP contribution in [-0.4, -0.2) is 18.5 Å². The summed E-state index contributed by atoms with van der Waals surface area (Å²) in [4.78, 5) is 4.14. The van der Waals surface area contributed by atoms with Crippen molar-refractivity contribution in [2.45, 2.75) is 20.2 Å². The van der Waals surface area contributed by atoms with Gasteiger partial charge in [0.1, 0.15) is 10.9 Å². The molecular formula is C31H22F3O3S2+. The summed E-state index contributed by atoms with van der Waals surface area (Å²) in [6.07, 6.45) is 0. The van der Waals surface area contributed by atoms with Crippen LogP contribution in [0.4, 0.5) is 13.2 Å². The zero-order valence-electron chi connectivity index (χ0n) is 20.3. The number of fused-ring (bicyclic) bond motifs is 3. The Morgan fingerprint density at radius 1 is 0.487 bits per heavy atom. The van der Waals surface area contributed by atoms with Gasteiger partial charge in [0.15, 0.2) is 14.7 Å². The van der Waals surface area contributed by atoms with E-state index in [-0.39, 0.29) is 10.9 Å². The highest BCUT2D eigenvalue weighted by atomic mass is 32.2. The lowest BCUT2D eigenvalue weighted by molar-refractivity contribution is -0.0510. The monoisotopic (exact) mass is 563 g/mol. The minimum absolute atomic E-state index is 0.238. The van der Waals surface area contributed by atoms with E-state index in [0.29, 0.717) is 0 Å². The van der Waals surface area contributed by atoms with Crippen LogP contribution >= 0.6 is 0 Å². The van der Waals surface area contributed by atoms with Crippen molar-refractivity contribution in [2.24, 2.45) is 0 Å². The normalized spacial score (nSPS) is 12.0. The fraction of sp³-hybridized carbons (Fsp3) is 0.0323. The van der Waals surface area contributed by atoms with Gasteiger partial charge in [-0.15, -0.1) is 0 Å². The summed E-state index contributed by atoms with van der Waals surface area (Å²) in [6, 6.07) is 46.5. The Hall–Kier alpha value is -3.85. The van der Waals surface area contributed by atoms with Gasteiger partial charge in [-0.05, 0) is 52.6 Å². The number of benzene rings is 6. The molecule has 0 heterocycles. The molecule has 6 aromatic rings. The van der Waals surface area contributed by atoms with Crippen molar-refractivity contribution >= 4 is 53.3 Å². The average molecular weight is 564 g/mol. The van der Waals surface area contributed by atoms with Crippen LogP contribution in [0.2, 0.25) is 0 Å². The predicted molar refractivity (Wildman–Crippen MR) is 152 cm³/mol. The van der Waals surface area contributed by atoms with Gasteiger partial charge in [0.05, 0.1) is 0 Å². The second-order valence-corrected chi connectivity index (χ2v) is 12.0. The lowest BCUT2D eigenvalue weighted by Gasteiger charge is -2.14. The SMILES string of the molecule is O=S(=O)(O)C(F)(F)F.c1ccc2c([S+](c3cccc4ccccc34)c3cccc4ccccc34)cccc2c1. The van der Waals surface area contributed by atoms with E-state index < -0.39 is 15.6 Å². The van der Waals surface area contributed by atoms with Gasteiger partial charge in [-0.3, -0.25) is 4.55 Å². The molecule has 0 bridgehead atoms. The number of hydrogen-bond donors (Lipinski definition) is 1. The quantitative estimate of drug-likeness (QED) is 0.133. The maximum absolute atomic E-state index is 10.7. The molecular weight excluding hydrogens is 541 g/mol. The molecule has 0 aliphatic carbocycles. The molecule has 0 saturated heterocycles. The fourth-order valence-electron chi connectivity index (χ4n) is 4.48. The lowest BCUT2D eigenvalue weighted by Crippen LogP contribution is -2.21. The summed E-state index contributed by atoms with van der Waals surface area (Å²) in [5.74, 6) is 0. The zero-order valence-corrected chi connectivity index (χ0v) is 22.0. The van der Waals surface area contributed by atoms with Gasteiger partial charge in [0, 0.05) is 16.2 Å². The summed E-state index contributed by atoms with van der Waals surface area (Å²) in [7, 11) is -6.08. The molecule has 39 heavy (non-hydrogen) atoms. The summed E-state index contributed by atoms with van der Waals surface area (Å²) in [6.45, 7) is 0. The molecule has 0 spiro atoms. The highest BCUT2D eigenvalue weighted by Gasteiger charge is 2.44. The van der Waals surface area contributed by atoms with E-state index in [1.807, 2.05) is 0 Å². The van der Waals surface area contributed by atoms with Crippen LogP contribution in [-0.2, 0) is 21.0 Å². The van der Waals surface area contributed by atoms with Crippen molar-refractivity contribution in [3.05, 3.63) is 127 Å². The van der Waals surface area contributed by atoms with Crippen molar-refractivity contribution in [3.8, 4) is 0 Å². The molecule has 196 valence electrons. The van der Waals surface area contributed by atoms with Crippen molar-refractivity contribution in [3.63, 3.8) is 0 Å². The van der Waals surface area contributed by atoms with Gasteiger partial charge in [0.25, 0.3) is 0 Å². The molecule has 6 aromatic carbocycles. The van der Waals surface area contributed by atoms with E-state index in [2.05, 4.69) is 127 Å². The summed E-state index contributed by atoms with van der Waals surface area (Å²) < 4.78 is 57.5. The van der Waals surface area contributed by atoms with Gasteiger partial charge in [0.2, 0.25) is 0 Å². The molecule has 3 nitrogen and oxygen atoms in total. The number of hydrogen-bond acceptors (Lipinski definition) is 2. The molecule has 0 aliphatic heterocycles. The molecule has 0 unspecified atom stereocenters. The molecule has 0 saturated carbocycles. The smallest absolute Gasteiger partial charge is 0.279 e. The Kier molecular flexibility index (Phi) is 7.36. The predicted octanol–water partition coefficient (Wildman–Crippen LogP) is 8.64. The summed E-state index contributed by atoms with van der Waals surface area (Å²) >= 11 is 0. The Morgan fingerprint density at radius 3 is 1.03 bits per heavy atom. The van der Waals surface area contributed by atoms with Gasteiger partial charge >= 0.3 is 15.6 Å². The van der Waals surface area contributed by atoms with Crippen LogP contribution in [0.1, 0.15) is 0 Å². The van der Waals surface area contributed by atoms with Gasteiger partial charge in [-0.1, -0.05) is 91.0 Å². The third-order valence-electron chi connectivity index (χ3n) is 6.20. The second kappa shape index (κ2) is 10.7. The number of alkyl halides is 3. The highest BCUT2D eigenvalue weighted by Crippen LogP contribution is 2.41. The maximum atomic E-state index is 10.7. The molecule has 6 rings (SSSR count). The summed E-state index contributed by atoms with van der Waals surface area (Å²) in [5.41, 5.74) is -5.53. The molecule has 0 atom stereocenters. The third kappa shape index (κ3) is 5.49. The number of halogens is 3. The molecule has 8 heteroatoms. The van der Waals surface area contributed by atoms with Crippen LogP contribution in [0.15, 0.2) is 142 Å². The first-order valence-electron chi connectivity index (χ1n) is 11.9. The minimum Gasteiger partial charge on any atom is -0.279 e. The van der Waals surface area contributed by atoms with E-state index in [9.17, 15) is 13.2 Å². The lowest BCUT2D eigenvalue weighted by atomic mass is 10.1. The first-order valence-corrected chi connectivity index (χ1v) is 14.5. The minimum atomic E-state index is -5.84. The van der Waals surface area contributed by atoms with Gasteiger partial charge < -0.3 is 0 Å². The third-order valence-corrected chi connectivity index (χ3v) is 9.17. The first-order chi connectivity index (χ1) is 18.6. The van der Waals surface area contributed by atoms with Crippen LogP contribution < -0.4 is 0 Å². The molecule has 0 aliphatic rings. The van der Waals surface area contributed by atoms with Crippen LogP contribution in [0.3, 0.4) is 0 Å². The second-order valence-electron chi connectivity index (χ2n) is 8.66. The largest absolute Gasteiger partial charge is 0.522 e. The number of rotatable bonds is 3. The van der Waals surface area contributed by atoms with E-state index >= 15 is 0 Å². The van der Waals surface area contributed by atoms with Crippen molar-refractivity contribution in [2.75, 3.05) is 0 Å².